The molecular formula is C71H126O6. The fourth-order valence-corrected chi connectivity index (χ4v) is 9.64. The number of rotatable bonds is 61. The molecule has 77 heavy (non-hydrogen) atoms. The third kappa shape index (κ3) is 63.6. The molecule has 0 heterocycles. The summed E-state index contributed by atoms with van der Waals surface area (Å²) in [5, 5.41) is 0. The van der Waals surface area contributed by atoms with Crippen molar-refractivity contribution >= 4 is 17.9 Å². The number of ether oxygens (including phenoxy) is 3. The standard InChI is InChI=1S/C71H126O6/c1-4-7-10-13-16-19-21-23-25-27-29-30-31-32-33-34-35-36-37-38-39-40-42-43-45-47-49-52-55-58-61-64-70(73)76-67-68(66-75-69(72)63-60-57-54-51-18-15-12-9-6-3)77-71(74)65-62-59-56-53-50-48-46-44-41-28-26-24-22-20-17-14-11-8-5-2/h17,20-21,23-24,26-27,29,31-32,41,44,68H,4-16,18-19,22,25,28,30,33-40,42-43,45-67H2,1-3H3/b20-17-,23-21-,26-24-,29-27-,32-31-,44-41-. The second-order valence-electron chi connectivity index (χ2n) is 22.4. The maximum absolute atomic E-state index is 12.9. The van der Waals surface area contributed by atoms with Crippen LogP contribution in [0, 0.1) is 0 Å². The summed E-state index contributed by atoms with van der Waals surface area (Å²) in [7, 11) is 0. The third-order valence-corrected chi connectivity index (χ3v) is 14.7. The Labute approximate surface area is 478 Å². The van der Waals surface area contributed by atoms with Crippen LogP contribution in [-0.4, -0.2) is 37.2 Å². The highest BCUT2D eigenvalue weighted by Crippen LogP contribution is 2.17. The van der Waals surface area contributed by atoms with E-state index in [2.05, 4.69) is 93.7 Å². The normalized spacial score (nSPS) is 12.5. The Morgan fingerprint density at radius 1 is 0.260 bits per heavy atom. The Morgan fingerprint density at radius 3 is 0.753 bits per heavy atom. The Balaban J connectivity index is 4.13. The van der Waals surface area contributed by atoms with E-state index in [9.17, 15) is 14.4 Å². The minimum atomic E-state index is -0.780. The van der Waals surface area contributed by atoms with Crippen molar-refractivity contribution in [1.29, 1.82) is 0 Å². The van der Waals surface area contributed by atoms with Crippen LogP contribution in [0.25, 0.3) is 0 Å². The molecule has 0 aliphatic carbocycles. The molecule has 0 bridgehead atoms. The summed E-state index contributed by atoms with van der Waals surface area (Å²) in [6.45, 7) is 6.61. The molecule has 6 nitrogen and oxygen atoms in total. The number of esters is 3. The lowest BCUT2D eigenvalue weighted by Crippen LogP contribution is -2.30. The van der Waals surface area contributed by atoms with Gasteiger partial charge in [0.05, 0.1) is 0 Å². The van der Waals surface area contributed by atoms with E-state index in [4.69, 9.17) is 14.2 Å². The molecule has 6 heteroatoms. The number of unbranched alkanes of at least 4 members (excludes halogenated alkanes) is 38. The van der Waals surface area contributed by atoms with Crippen molar-refractivity contribution in [3.63, 3.8) is 0 Å². The average Bonchev–Trinajstić information content (AvgIpc) is 3.43. The third-order valence-electron chi connectivity index (χ3n) is 14.7. The van der Waals surface area contributed by atoms with Gasteiger partial charge >= 0.3 is 17.9 Å². The van der Waals surface area contributed by atoms with Crippen molar-refractivity contribution < 1.29 is 28.6 Å². The van der Waals surface area contributed by atoms with Gasteiger partial charge < -0.3 is 14.2 Å². The van der Waals surface area contributed by atoms with E-state index in [-0.39, 0.29) is 31.1 Å². The SMILES string of the molecule is CCCCC/C=C\C/C=C\C/C=C\CCCCCCCCC(=O)OC(COC(=O)CCCCCCCCCCC)COC(=O)CCCCCCCCCCCCCCCCCC/C=C\C/C=C\C/C=C\CCCCCCC. The molecule has 0 spiro atoms. The highest BCUT2D eigenvalue weighted by atomic mass is 16.6. The maximum atomic E-state index is 12.9. The minimum Gasteiger partial charge on any atom is -0.462 e. The van der Waals surface area contributed by atoms with Gasteiger partial charge in [0.15, 0.2) is 6.10 Å². The first-order valence-corrected chi connectivity index (χ1v) is 33.4. The zero-order valence-corrected chi connectivity index (χ0v) is 51.2. The van der Waals surface area contributed by atoms with Gasteiger partial charge in [0.1, 0.15) is 13.2 Å². The quantitative estimate of drug-likeness (QED) is 0.0261. The molecule has 0 radical (unpaired) electrons. The summed E-state index contributed by atoms with van der Waals surface area (Å²) < 4.78 is 16.9. The summed E-state index contributed by atoms with van der Waals surface area (Å²) in [4.78, 5) is 38.2. The van der Waals surface area contributed by atoms with Gasteiger partial charge in [-0.05, 0) is 96.3 Å². The van der Waals surface area contributed by atoms with E-state index in [0.717, 1.165) is 96.3 Å². The van der Waals surface area contributed by atoms with E-state index in [0.29, 0.717) is 19.3 Å². The number of allylic oxidation sites excluding steroid dienone is 12. The monoisotopic (exact) mass is 1070 g/mol. The van der Waals surface area contributed by atoms with Gasteiger partial charge in [-0.25, -0.2) is 0 Å². The molecule has 0 aliphatic heterocycles. The summed E-state index contributed by atoms with van der Waals surface area (Å²) in [6, 6.07) is 0. The summed E-state index contributed by atoms with van der Waals surface area (Å²) in [5.74, 6) is -0.878. The summed E-state index contributed by atoms with van der Waals surface area (Å²) >= 11 is 0. The van der Waals surface area contributed by atoms with Crippen LogP contribution < -0.4 is 0 Å². The van der Waals surface area contributed by atoms with Crippen molar-refractivity contribution in [2.75, 3.05) is 13.2 Å². The number of carbonyl (C=O) groups is 3. The highest BCUT2D eigenvalue weighted by Gasteiger charge is 2.19. The average molecular weight is 1080 g/mol. The smallest absolute Gasteiger partial charge is 0.306 e. The first-order valence-electron chi connectivity index (χ1n) is 33.4. The first-order chi connectivity index (χ1) is 38.0. The van der Waals surface area contributed by atoms with E-state index in [1.54, 1.807) is 0 Å². The highest BCUT2D eigenvalue weighted by molar-refractivity contribution is 5.71. The van der Waals surface area contributed by atoms with E-state index < -0.39 is 6.10 Å². The van der Waals surface area contributed by atoms with Crippen molar-refractivity contribution in [3.05, 3.63) is 72.9 Å². The van der Waals surface area contributed by atoms with Crippen molar-refractivity contribution in [2.24, 2.45) is 0 Å². The number of carbonyl (C=O) groups excluding carboxylic acids is 3. The van der Waals surface area contributed by atoms with Crippen molar-refractivity contribution in [2.45, 2.75) is 348 Å². The van der Waals surface area contributed by atoms with Crippen LogP contribution in [0.4, 0.5) is 0 Å². The van der Waals surface area contributed by atoms with Crippen molar-refractivity contribution in [1.82, 2.24) is 0 Å². The maximum Gasteiger partial charge on any atom is 0.306 e. The fraction of sp³-hybridized carbons (Fsp3) is 0.789. The fourth-order valence-electron chi connectivity index (χ4n) is 9.64. The molecule has 0 fully saturated rings. The Kier molecular flexibility index (Phi) is 62.7. The number of hydrogen-bond acceptors (Lipinski definition) is 6. The predicted molar refractivity (Wildman–Crippen MR) is 335 cm³/mol. The van der Waals surface area contributed by atoms with E-state index in [1.165, 1.54) is 205 Å². The van der Waals surface area contributed by atoms with Crippen molar-refractivity contribution in [3.8, 4) is 0 Å². The summed E-state index contributed by atoms with van der Waals surface area (Å²) in [5.41, 5.74) is 0. The van der Waals surface area contributed by atoms with Gasteiger partial charge in [-0.15, -0.1) is 0 Å². The Hall–Kier alpha value is -3.15. The van der Waals surface area contributed by atoms with Crippen LogP contribution >= 0.6 is 0 Å². The molecule has 0 aliphatic rings. The first kappa shape index (κ1) is 73.8. The molecule has 0 aromatic carbocycles. The lowest BCUT2D eigenvalue weighted by Gasteiger charge is -2.18. The van der Waals surface area contributed by atoms with Gasteiger partial charge in [0.25, 0.3) is 0 Å². The summed E-state index contributed by atoms with van der Waals surface area (Å²) in [6.07, 6.45) is 85.0. The second kappa shape index (κ2) is 65.4. The lowest BCUT2D eigenvalue weighted by molar-refractivity contribution is -0.167. The molecule has 0 amide bonds. The molecule has 1 unspecified atom stereocenters. The van der Waals surface area contributed by atoms with Gasteiger partial charge in [-0.3, -0.25) is 14.4 Å². The lowest BCUT2D eigenvalue weighted by atomic mass is 10.0. The minimum absolute atomic E-state index is 0.0773. The van der Waals surface area contributed by atoms with Crippen LogP contribution in [0.3, 0.4) is 0 Å². The zero-order valence-electron chi connectivity index (χ0n) is 51.2. The van der Waals surface area contributed by atoms with Gasteiger partial charge in [-0.2, -0.15) is 0 Å². The zero-order chi connectivity index (χ0) is 55.7. The van der Waals surface area contributed by atoms with Crippen LogP contribution in [-0.2, 0) is 28.6 Å². The number of hydrogen-bond donors (Lipinski definition) is 0. The Morgan fingerprint density at radius 2 is 0.468 bits per heavy atom. The molecular weight excluding hydrogens is 949 g/mol. The molecule has 0 rings (SSSR count). The van der Waals surface area contributed by atoms with E-state index in [1.807, 2.05) is 0 Å². The molecule has 1 atom stereocenters. The van der Waals surface area contributed by atoms with Gasteiger partial charge in [0.2, 0.25) is 0 Å². The molecule has 0 saturated carbocycles. The van der Waals surface area contributed by atoms with Gasteiger partial charge in [0, 0.05) is 19.3 Å². The predicted octanol–water partition coefficient (Wildman–Crippen LogP) is 22.9. The van der Waals surface area contributed by atoms with E-state index >= 15 is 0 Å². The molecule has 0 N–H and O–H groups in total. The molecule has 0 aromatic rings. The van der Waals surface area contributed by atoms with Crippen LogP contribution in [0.1, 0.15) is 342 Å². The van der Waals surface area contributed by atoms with Gasteiger partial charge in [-0.1, -0.05) is 299 Å². The van der Waals surface area contributed by atoms with Crippen LogP contribution in [0.15, 0.2) is 72.9 Å². The molecule has 0 saturated heterocycles. The topological polar surface area (TPSA) is 78.9 Å². The molecule has 446 valence electrons. The Bertz CT molecular complexity index is 1420. The second-order valence-corrected chi connectivity index (χ2v) is 22.4. The van der Waals surface area contributed by atoms with Crippen LogP contribution in [0.5, 0.6) is 0 Å². The molecule has 0 aromatic heterocycles. The largest absolute Gasteiger partial charge is 0.462 e. The van der Waals surface area contributed by atoms with Crippen LogP contribution in [0.2, 0.25) is 0 Å².